The van der Waals surface area contributed by atoms with Gasteiger partial charge in [0.2, 0.25) is 0 Å². The second kappa shape index (κ2) is 4.62. The smallest absolute Gasteiger partial charge is 0.163 e. The van der Waals surface area contributed by atoms with Gasteiger partial charge in [-0.2, -0.15) is 5.10 Å². The van der Waals surface area contributed by atoms with E-state index in [0.717, 1.165) is 28.2 Å². The Morgan fingerprint density at radius 2 is 2.00 bits per heavy atom. The van der Waals surface area contributed by atoms with Gasteiger partial charge in [-0.1, -0.05) is 0 Å². The normalized spacial score (nSPS) is 13.4. The number of hydrogen-bond acceptors (Lipinski definition) is 6. The second-order valence-corrected chi connectivity index (χ2v) is 4.71. The van der Waals surface area contributed by atoms with Gasteiger partial charge in [0, 0.05) is 18.8 Å². The molecule has 0 unspecified atom stereocenters. The van der Waals surface area contributed by atoms with Crippen LogP contribution in [0.15, 0.2) is 30.7 Å². The fourth-order valence-corrected chi connectivity index (χ4v) is 2.32. The predicted octanol–water partition coefficient (Wildman–Crippen LogP) is 1.88. The average Bonchev–Trinajstić information content (AvgIpc) is 2.90. The standard InChI is InChI=1S/C14H13N5O2/c1-19-14-10(7-17-19)13(15-8-16-14)18-9-2-3-11-12(6-9)21-5-4-20-11/h2-3,6-8H,4-5H2,1H3,(H,15,16,18). The van der Waals surface area contributed by atoms with Crippen molar-refractivity contribution in [2.24, 2.45) is 7.05 Å². The number of anilines is 2. The Labute approximate surface area is 120 Å². The van der Waals surface area contributed by atoms with E-state index in [-0.39, 0.29) is 0 Å². The van der Waals surface area contributed by atoms with Gasteiger partial charge in [0.25, 0.3) is 0 Å². The van der Waals surface area contributed by atoms with Gasteiger partial charge in [-0.3, -0.25) is 4.68 Å². The average molecular weight is 283 g/mol. The lowest BCUT2D eigenvalue weighted by Gasteiger charge is -2.19. The van der Waals surface area contributed by atoms with Crippen LogP contribution in [0.25, 0.3) is 11.0 Å². The van der Waals surface area contributed by atoms with Crippen molar-refractivity contribution in [3.63, 3.8) is 0 Å². The molecule has 0 spiro atoms. The molecule has 0 bridgehead atoms. The van der Waals surface area contributed by atoms with E-state index in [1.807, 2.05) is 25.2 Å². The molecule has 4 rings (SSSR count). The van der Waals surface area contributed by atoms with Crippen molar-refractivity contribution in [1.82, 2.24) is 19.7 Å². The molecule has 1 aliphatic heterocycles. The highest BCUT2D eigenvalue weighted by atomic mass is 16.6. The summed E-state index contributed by atoms with van der Waals surface area (Å²) in [7, 11) is 1.85. The van der Waals surface area contributed by atoms with Crippen LogP contribution in [0.4, 0.5) is 11.5 Å². The maximum atomic E-state index is 5.58. The third-order valence-corrected chi connectivity index (χ3v) is 3.33. The number of aryl methyl sites for hydroxylation is 1. The van der Waals surface area contributed by atoms with E-state index >= 15 is 0 Å². The monoisotopic (exact) mass is 283 g/mol. The minimum absolute atomic E-state index is 0.566. The number of benzene rings is 1. The number of fused-ring (bicyclic) bond motifs is 2. The first kappa shape index (κ1) is 12.0. The molecule has 0 aliphatic carbocycles. The highest BCUT2D eigenvalue weighted by Gasteiger charge is 2.13. The molecule has 21 heavy (non-hydrogen) atoms. The van der Waals surface area contributed by atoms with Crippen LogP contribution in [0.2, 0.25) is 0 Å². The number of aromatic nitrogens is 4. The molecule has 3 heterocycles. The van der Waals surface area contributed by atoms with E-state index in [2.05, 4.69) is 20.4 Å². The molecule has 0 saturated carbocycles. The summed E-state index contributed by atoms with van der Waals surface area (Å²) in [5.74, 6) is 2.22. The Kier molecular flexibility index (Phi) is 2.63. The van der Waals surface area contributed by atoms with Gasteiger partial charge in [0.1, 0.15) is 25.4 Å². The molecule has 7 nitrogen and oxygen atoms in total. The molecule has 0 atom stereocenters. The van der Waals surface area contributed by atoms with Crippen molar-refractivity contribution in [3.05, 3.63) is 30.7 Å². The van der Waals surface area contributed by atoms with E-state index in [9.17, 15) is 0 Å². The zero-order valence-electron chi connectivity index (χ0n) is 11.4. The van der Waals surface area contributed by atoms with Gasteiger partial charge in [0.15, 0.2) is 17.1 Å². The molecular formula is C14H13N5O2. The Morgan fingerprint density at radius 1 is 1.14 bits per heavy atom. The van der Waals surface area contributed by atoms with Gasteiger partial charge >= 0.3 is 0 Å². The Hall–Kier alpha value is -2.83. The summed E-state index contributed by atoms with van der Waals surface area (Å²) in [6.45, 7) is 1.15. The van der Waals surface area contributed by atoms with Crippen LogP contribution < -0.4 is 14.8 Å². The maximum Gasteiger partial charge on any atom is 0.163 e. The molecular weight excluding hydrogens is 270 g/mol. The van der Waals surface area contributed by atoms with Crippen molar-refractivity contribution in [3.8, 4) is 11.5 Å². The molecule has 2 aromatic heterocycles. The van der Waals surface area contributed by atoms with Gasteiger partial charge < -0.3 is 14.8 Å². The quantitative estimate of drug-likeness (QED) is 0.774. The molecule has 0 fully saturated rings. The molecule has 106 valence electrons. The Morgan fingerprint density at radius 3 is 2.90 bits per heavy atom. The molecule has 0 amide bonds. The lowest BCUT2D eigenvalue weighted by molar-refractivity contribution is 0.171. The SMILES string of the molecule is Cn1ncc2c(Nc3ccc4c(c3)OCCO4)ncnc21. The van der Waals surface area contributed by atoms with E-state index in [1.54, 1.807) is 10.9 Å². The number of ether oxygens (including phenoxy) is 2. The zero-order valence-corrected chi connectivity index (χ0v) is 11.4. The lowest BCUT2D eigenvalue weighted by atomic mass is 10.2. The van der Waals surface area contributed by atoms with Gasteiger partial charge in [-0.25, -0.2) is 9.97 Å². The number of nitrogens with zero attached hydrogens (tertiary/aromatic N) is 4. The van der Waals surface area contributed by atoms with Gasteiger partial charge in [-0.15, -0.1) is 0 Å². The van der Waals surface area contributed by atoms with Crippen LogP contribution >= 0.6 is 0 Å². The topological polar surface area (TPSA) is 74.1 Å². The van der Waals surface area contributed by atoms with Gasteiger partial charge in [-0.05, 0) is 12.1 Å². The van der Waals surface area contributed by atoms with Crippen molar-refractivity contribution in [1.29, 1.82) is 0 Å². The summed E-state index contributed by atoms with van der Waals surface area (Å²) in [6.07, 6.45) is 3.26. The summed E-state index contributed by atoms with van der Waals surface area (Å²) in [5, 5.41) is 8.34. The van der Waals surface area contributed by atoms with Crippen LogP contribution in [0.5, 0.6) is 11.5 Å². The summed E-state index contributed by atoms with van der Waals surface area (Å²) >= 11 is 0. The summed E-state index contributed by atoms with van der Waals surface area (Å²) < 4.78 is 12.8. The first-order valence-corrected chi connectivity index (χ1v) is 6.60. The Balaban J connectivity index is 1.71. The minimum Gasteiger partial charge on any atom is -0.486 e. The number of nitrogens with one attached hydrogen (secondary N) is 1. The fraction of sp³-hybridized carbons (Fsp3) is 0.214. The minimum atomic E-state index is 0.566. The maximum absolute atomic E-state index is 5.58. The number of rotatable bonds is 2. The molecule has 1 N–H and O–H groups in total. The third kappa shape index (κ3) is 2.03. The molecule has 1 aromatic carbocycles. The third-order valence-electron chi connectivity index (χ3n) is 3.33. The van der Waals surface area contributed by atoms with Crippen LogP contribution in [0.3, 0.4) is 0 Å². The van der Waals surface area contributed by atoms with Crippen LogP contribution in [0, 0.1) is 0 Å². The molecule has 3 aromatic rings. The second-order valence-electron chi connectivity index (χ2n) is 4.71. The fourth-order valence-electron chi connectivity index (χ4n) is 2.32. The molecule has 0 saturated heterocycles. The predicted molar refractivity (Wildman–Crippen MR) is 77.0 cm³/mol. The largest absolute Gasteiger partial charge is 0.486 e. The van der Waals surface area contributed by atoms with Crippen molar-refractivity contribution in [2.45, 2.75) is 0 Å². The highest BCUT2D eigenvalue weighted by molar-refractivity contribution is 5.88. The summed E-state index contributed by atoms with van der Waals surface area (Å²) in [6, 6.07) is 5.72. The van der Waals surface area contributed by atoms with E-state index < -0.39 is 0 Å². The molecule has 1 aliphatic rings. The van der Waals surface area contributed by atoms with Crippen molar-refractivity contribution < 1.29 is 9.47 Å². The van der Waals surface area contributed by atoms with E-state index in [4.69, 9.17) is 9.47 Å². The first-order chi connectivity index (χ1) is 10.3. The van der Waals surface area contributed by atoms with Crippen LogP contribution in [-0.4, -0.2) is 33.0 Å². The van der Waals surface area contributed by atoms with Crippen molar-refractivity contribution in [2.75, 3.05) is 18.5 Å². The van der Waals surface area contributed by atoms with E-state index in [0.29, 0.717) is 19.0 Å². The molecule has 7 heteroatoms. The summed E-state index contributed by atoms with van der Waals surface area (Å²) in [5.41, 5.74) is 1.66. The van der Waals surface area contributed by atoms with Crippen LogP contribution in [-0.2, 0) is 7.05 Å². The first-order valence-electron chi connectivity index (χ1n) is 6.60. The lowest BCUT2D eigenvalue weighted by Crippen LogP contribution is -2.15. The highest BCUT2D eigenvalue weighted by Crippen LogP contribution is 2.34. The van der Waals surface area contributed by atoms with Crippen molar-refractivity contribution >= 4 is 22.5 Å². The van der Waals surface area contributed by atoms with Crippen LogP contribution in [0.1, 0.15) is 0 Å². The van der Waals surface area contributed by atoms with E-state index in [1.165, 1.54) is 6.33 Å². The summed E-state index contributed by atoms with van der Waals surface area (Å²) in [4.78, 5) is 8.50. The Bertz CT molecular complexity index is 814. The number of hydrogen-bond donors (Lipinski definition) is 1. The zero-order chi connectivity index (χ0) is 14.2. The van der Waals surface area contributed by atoms with Gasteiger partial charge in [0.05, 0.1) is 11.6 Å². The molecule has 0 radical (unpaired) electrons.